The van der Waals surface area contributed by atoms with Gasteiger partial charge in [0, 0.05) is 21.8 Å². The lowest BCUT2D eigenvalue weighted by Crippen LogP contribution is -2.29. The third-order valence-corrected chi connectivity index (χ3v) is 5.09. The minimum atomic E-state index is -0.348. The Morgan fingerprint density at radius 1 is 1.03 bits per heavy atom. The van der Waals surface area contributed by atoms with Gasteiger partial charge in [0.25, 0.3) is 5.56 Å². The first-order chi connectivity index (χ1) is 13.8. The van der Waals surface area contributed by atoms with Gasteiger partial charge in [0.15, 0.2) is 0 Å². The summed E-state index contributed by atoms with van der Waals surface area (Å²) in [4.78, 5) is 18.0. The molecule has 0 amide bonds. The molecule has 0 spiro atoms. The van der Waals surface area contributed by atoms with Crippen molar-refractivity contribution in [3.63, 3.8) is 0 Å². The van der Waals surface area contributed by atoms with Gasteiger partial charge in [-0.2, -0.15) is 9.78 Å². The van der Waals surface area contributed by atoms with E-state index < -0.39 is 0 Å². The van der Waals surface area contributed by atoms with Gasteiger partial charge in [-0.3, -0.25) is 4.79 Å². The van der Waals surface area contributed by atoms with Crippen LogP contribution >= 0.6 is 15.9 Å². The molecule has 4 rings (SSSR count). The average molecular weight is 449 g/mol. The van der Waals surface area contributed by atoms with Crippen molar-refractivity contribution in [2.24, 2.45) is 5.10 Å². The molecule has 0 atom stereocenters. The molecule has 0 saturated carbocycles. The molecule has 2 aromatic heterocycles. The van der Waals surface area contributed by atoms with E-state index in [0.717, 1.165) is 15.9 Å². The number of hydrogen-bond acceptors (Lipinski definition) is 3. The second-order valence-electron chi connectivity index (χ2n) is 7.85. The predicted molar refractivity (Wildman–Crippen MR) is 121 cm³/mol. The maximum Gasteiger partial charge on any atom is 0.282 e. The van der Waals surface area contributed by atoms with Crippen LogP contribution in [-0.4, -0.2) is 20.4 Å². The molecule has 0 radical (unpaired) electrons. The Morgan fingerprint density at radius 2 is 1.79 bits per heavy atom. The van der Waals surface area contributed by atoms with Crippen molar-refractivity contribution in [3.05, 3.63) is 93.2 Å². The van der Waals surface area contributed by atoms with E-state index >= 15 is 0 Å². The van der Waals surface area contributed by atoms with E-state index in [1.54, 1.807) is 12.3 Å². The van der Waals surface area contributed by atoms with Crippen LogP contribution < -0.4 is 5.56 Å². The summed E-state index contributed by atoms with van der Waals surface area (Å²) < 4.78 is 4.27. The number of benzene rings is 2. The van der Waals surface area contributed by atoms with Gasteiger partial charge in [-0.05, 0) is 42.5 Å². The molecule has 0 saturated heterocycles. The molecule has 6 heteroatoms. The third kappa shape index (κ3) is 3.80. The monoisotopic (exact) mass is 448 g/mol. The van der Waals surface area contributed by atoms with E-state index in [1.807, 2.05) is 86.1 Å². The van der Waals surface area contributed by atoms with Crippen LogP contribution in [0.1, 0.15) is 32.3 Å². The van der Waals surface area contributed by atoms with E-state index in [0.29, 0.717) is 16.7 Å². The minimum absolute atomic E-state index is 0.185. The van der Waals surface area contributed by atoms with Gasteiger partial charge in [-0.25, -0.2) is 4.98 Å². The summed E-state index contributed by atoms with van der Waals surface area (Å²) >= 11 is 3.44. The number of hydrogen-bond donors (Lipinski definition) is 0. The van der Waals surface area contributed by atoms with Crippen molar-refractivity contribution in [2.45, 2.75) is 26.2 Å². The molecule has 0 fully saturated rings. The van der Waals surface area contributed by atoms with Crippen molar-refractivity contribution in [2.75, 3.05) is 0 Å². The molecule has 2 heterocycles. The van der Waals surface area contributed by atoms with Gasteiger partial charge >= 0.3 is 0 Å². The Labute approximate surface area is 177 Å². The van der Waals surface area contributed by atoms with Crippen LogP contribution in [0.25, 0.3) is 16.6 Å². The lowest BCUT2D eigenvalue weighted by molar-refractivity contribution is 0.506. The Bertz CT molecular complexity index is 1260. The molecular formula is C23H21BrN4O. The number of aromatic nitrogens is 3. The lowest BCUT2D eigenvalue weighted by atomic mass is 9.95. The molecule has 4 aromatic rings. The van der Waals surface area contributed by atoms with Gasteiger partial charge in [-0.1, -0.05) is 54.9 Å². The maximum atomic E-state index is 13.2. The van der Waals surface area contributed by atoms with Crippen LogP contribution in [0.5, 0.6) is 0 Å². The van der Waals surface area contributed by atoms with Gasteiger partial charge in [0.05, 0.1) is 22.8 Å². The Balaban J connectivity index is 1.88. The Kier molecular flexibility index (Phi) is 4.96. The van der Waals surface area contributed by atoms with Crippen LogP contribution in [0.15, 0.2) is 81.2 Å². The third-order valence-electron chi connectivity index (χ3n) is 4.60. The second-order valence-corrected chi connectivity index (χ2v) is 8.76. The van der Waals surface area contributed by atoms with Gasteiger partial charge < -0.3 is 4.57 Å². The highest BCUT2D eigenvalue weighted by molar-refractivity contribution is 9.10. The van der Waals surface area contributed by atoms with E-state index in [1.165, 1.54) is 4.68 Å². The average Bonchev–Trinajstić information content (AvgIpc) is 3.16. The molecule has 0 bridgehead atoms. The molecule has 2 aromatic carbocycles. The summed E-state index contributed by atoms with van der Waals surface area (Å²) in [6.07, 6.45) is 3.68. The van der Waals surface area contributed by atoms with E-state index in [2.05, 4.69) is 21.0 Å². The standard InChI is InChI=1S/C23H21BrN4O/c1-23(2,3)22-26-20-12-11-16(24)14-19(20)21(29)28(22)25-15-18-10-7-13-27(18)17-8-5-4-6-9-17/h4-15H,1-3H3. The predicted octanol–water partition coefficient (Wildman–Crippen LogP) is 5.13. The van der Waals surface area contributed by atoms with E-state index in [4.69, 9.17) is 4.98 Å². The number of para-hydroxylation sites is 1. The highest BCUT2D eigenvalue weighted by Crippen LogP contribution is 2.23. The van der Waals surface area contributed by atoms with Crippen molar-refractivity contribution >= 4 is 33.0 Å². The SMILES string of the molecule is CC(C)(C)c1nc2ccc(Br)cc2c(=O)n1N=Cc1cccn1-c1ccccc1. The fourth-order valence-corrected chi connectivity index (χ4v) is 3.54. The largest absolute Gasteiger partial charge is 0.316 e. The molecular weight excluding hydrogens is 428 g/mol. The van der Waals surface area contributed by atoms with Gasteiger partial charge in [0.2, 0.25) is 0 Å². The van der Waals surface area contributed by atoms with Crippen molar-refractivity contribution in [1.29, 1.82) is 0 Å². The topological polar surface area (TPSA) is 52.2 Å². The number of nitrogens with zero attached hydrogens (tertiary/aromatic N) is 4. The Morgan fingerprint density at radius 3 is 2.52 bits per heavy atom. The van der Waals surface area contributed by atoms with Crippen LogP contribution in [0.3, 0.4) is 0 Å². The van der Waals surface area contributed by atoms with E-state index in [-0.39, 0.29) is 11.0 Å². The summed E-state index contributed by atoms with van der Waals surface area (Å²) in [5, 5.41) is 5.09. The van der Waals surface area contributed by atoms with Crippen molar-refractivity contribution < 1.29 is 0 Å². The summed E-state index contributed by atoms with van der Waals surface area (Å²) in [6, 6.07) is 19.5. The van der Waals surface area contributed by atoms with Crippen LogP contribution in [0.2, 0.25) is 0 Å². The molecule has 146 valence electrons. The quantitative estimate of drug-likeness (QED) is 0.408. The first kappa shape index (κ1) is 19.3. The first-order valence-corrected chi connectivity index (χ1v) is 10.1. The summed E-state index contributed by atoms with van der Waals surface area (Å²) in [5.41, 5.74) is 2.04. The van der Waals surface area contributed by atoms with Crippen LogP contribution in [0.4, 0.5) is 0 Å². The van der Waals surface area contributed by atoms with Gasteiger partial charge in [0.1, 0.15) is 5.82 Å². The fourth-order valence-electron chi connectivity index (χ4n) is 3.18. The van der Waals surface area contributed by atoms with Gasteiger partial charge in [-0.15, -0.1) is 0 Å². The first-order valence-electron chi connectivity index (χ1n) is 9.34. The van der Waals surface area contributed by atoms with Crippen molar-refractivity contribution in [3.8, 4) is 5.69 Å². The highest BCUT2D eigenvalue weighted by atomic mass is 79.9. The van der Waals surface area contributed by atoms with Crippen molar-refractivity contribution in [1.82, 2.24) is 14.2 Å². The molecule has 0 aliphatic rings. The smallest absolute Gasteiger partial charge is 0.282 e. The zero-order chi connectivity index (χ0) is 20.6. The molecule has 0 unspecified atom stereocenters. The summed E-state index contributed by atoms with van der Waals surface area (Å²) in [6.45, 7) is 6.08. The second kappa shape index (κ2) is 7.44. The maximum absolute atomic E-state index is 13.2. The van der Waals surface area contributed by atoms with E-state index in [9.17, 15) is 4.79 Å². The minimum Gasteiger partial charge on any atom is -0.316 e. The molecule has 0 aliphatic carbocycles. The zero-order valence-electron chi connectivity index (χ0n) is 16.5. The fraction of sp³-hybridized carbons (Fsp3) is 0.174. The number of rotatable bonds is 3. The summed E-state index contributed by atoms with van der Waals surface area (Å²) in [7, 11) is 0. The van der Waals surface area contributed by atoms with Crippen LogP contribution in [0, 0.1) is 0 Å². The lowest BCUT2D eigenvalue weighted by Gasteiger charge is -2.20. The van der Waals surface area contributed by atoms with Crippen LogP contribution in [-0.2, 0) is 5.41 Å². The summed E-state index contributed by atoms with van der Waals surface area (Å²) in [5.74, 6) is 0.617. The molecule has 5 nitrogen and oxygen atoms in total. The number of halogens is 1. The molecule has 0 N–H and O–H groups in total. The normalized spacial score (nSPS) is 12.1. The number of fused-ring (bicyclic) bond motifs is 1. The highest BCUT2D eigenvalue weighted by Gasteiger charge is 2.23. The molecule has 0 aliphatic heterocycles. The molecule has 29 heavy (non-hydrogen) atoms. The Hall–Kier alpha value is -2.99. The zero-order valence-corrected chi connectivity index (χ0v) is 18.1.